The van der Waals surface area contributed by atoms with Gasteiger partial charge in [-0.25, -0.2) is 4.39 Å². The maximum absolute atomic E-state index is 14.7. The summed E-state index contributed by atoms with van der Waals surface area (Å²) in [5, 5.41) is 11.8. The van der Waals surface area contributed by atoms with Crippen molar-refractivity contribution in [2.75, 3.05) is 18.5 Å². The van der Waals surface area contributed by atoms with E-state index in [-0.39, 0.29) is 24.1 Å². The van der Waals surface area contributed by atoms with Crippen LogP contribution in [-0.2, 0) is 6.54 Å². The Bertz CT molecular complexity index is 1310. The molecule has 3 aromatic heterocycles. The number of ether oxygens (including phenoxy) is 2. The van der Waals surface area contributed by atoms with Crippen LogP contribution in [0.4, 0.5) is 10.2 Å². The number of hydrogen-bond donors (Lipinski definition) is 1. The molecule has 1 N–H and O–H groups in total. The minimum atomic E-state index is -0.247. The van der Waals surface area contributed by atoms with Gasteiger partial charge in [-0.15, -0.1) is 22.6 Å². The van der Waals surface area contributed by atoms with Gasteiger partial charge in [0.05, 0.1) is 19.1 Å². The fraction of sp³-hybridized carbons (Fsp3) is 0.227. The standard InChI is InChI=1S/C22H18FN5O2.ClH/c1-12-14(3-2-6-24-12)15-7-19-22(28-11-26-27-21(15)28)25-8-16-17(23)4-5-18-20(16)13(9-29-18)10-30-19;/h2-7,11,13,25H,8-10H2,1H3;1H/t13-;/m1./s1. The van der Waals surface area contributed by atoms with Crippen LogP contribution in [0.25, 0.3) is 16.8 Å². The van der Waals surface area contributed by atoms with Crippen molar-refractivity contribution in [2.24, 2.45) is 0 Å². The first-order valence-corrected chi connectivity index (χ1v) is 9.80. The van der Waals surface area contributed by atoms with E-state index in [1.54, 1.807) is 18.6 Å². The maximum atomic E-state index is 14.7. The quantitative estimate of drug-likeness (QED) is 0.480. The lowest BCUT2D eigenvalue weighted by Gasteiger charge is -2.17. The second-order valence-electron chi connectivity index (χ2n) is 7.54. The van der Waals surface area contributed by atoms with E-state index < -0.39 is 0 Å². The molecular weight excluding hydrogens is 421 g/mol. The van der Waals surface area contributed by atoms with Crippen LogP contribution in [-0.4, -0.2) is 32.8 Å². The van der Waals surface area contributed by atoms with Crippen LogP contribution in [0.1, 0.15) is 22.7 Å². The zero-order valence-corrected chi connectivity index (χ0v) is 17.4. The van der Waals surface area contributed by atoms with Gasteiger partial charge in [0.25, 0.3) is 0 Å². The summed E-state index contributed by atoms with van der Waals surface area (Å²) in [6.07, 6.45) is 3.40. The van der Waals surface area contributed by atoms with E-state index >= 15 is 0 Å². The molecule has 0 radical (unpaired) electrons. The van der Waals surface area contributed by atoms with Crippen LogP contribution in [0, 0.1) is 12.7 Å². The second kappa shape index (κ2) is 7.39. The summed E-state index contributed by atoms with van der Waals surface area (Å²) in [5.41, 5.74) is 4.91. The number of aromatic nitrogens is 4. The topological polar surface area (TPSA) is 73.6 Å². The second-order valence-corrected chi connectivity index (χ2v) is 7.54. The van der Waals surface area contributed by atoms with E-state index in [1.165, 1.54) is 6.07 Å². The summed E-state index contributed by atoms with van der Waals surface area (Å²) < 4.78 is 28.6. The van der Waals surface area contributed by atoms with Crippen molar-refractivity contribution in [3.63, 3.8) is 0 Å². The highest BCUT2D eigenvalue weighted by atomic mass is 35.5. The normalized spacial score (nSPS) is 16.5. The Morgan fingerprint density at radius 2 is 1.97 bits per heavy atom. The SMILES string of the molecule is Cc1ncccc1-c1cc2c(n3cnnc13)NCc1c(F)ccc3c1[C@H](CO3)CO2.Cl. The summed E-state index contributed by atoms with van der Waals surface area (Å²) >= 11 is 0. The first-order valence-electron chi connectivity index (χ1n) is 9.80. The van der Waals surface area contributed by atoms with Crippen LogP contribution in [0.2, 0.25) is 0 Å². The zero-order chi connectivity index (χ0) is 20.2. The molecule has 1 aromatic carbocycles. The molecule has 0 spiro atoms. The number of hydrogen-bond acceptors (Lipinski definition) is 6. The summed E-state index contributed by atoms with van der Waals surface area (Å²) in [4.78, 5) is 4.40. The van der Waals surface area contributed by atoms with Crippen molar-refractivity contribution in [1.82, 2.24) is 19.6 Å². The van der Waals surface area contributed by atoms with Gasteiger partial charge < -0.3 is 14.8 Å². The lowest BCUT2D eigenvalue weighted by atomic mass is 9.96. The van der Waals surface area contributed by atoms with E-state index in [2.05, 4.69) is 20.5 Å². The number of rotatable bonds is 1. The van der Waals surface area contributed by atoms with Crippen LogP contribution in [0.3, 0.4) is 0 Å². The first-order chi connectivity index (χ1) is 14.7. The monoisotopic (exact) mass is 439 g/mol. The Kier molecular flexibility index (Phi) is 4.66. The van der Waals surface area contributed by atoms with Gasteiger partial charge in [0.15, 0.2) is 17.2 Å². The predicted molar refractivity (Wildman–Crippen MR) is 116 cm³/mol. The number of pyridine rings is 2. The number of halogens is 2. The first kappa shape index (κ1) is 19.6. The van der Waals surface area contributed by atoms with Gasteiger partial charge in [0.2, 0.25) is 0 Å². The molecule has 31 heavy (non-hydrogen) atoms. The number of anilines is 1. The lowest BCUT2D eigenvalue weighted by molar-refractivity contribution is 0.249. The fourth-order valence-corrected chi connectivity index (χ4v) is 4.35. The third-order valence-electron chi connectivity index (χ3n) is 5.82. The zero-order valence-electron chi connectivity index (χ0n) is 16.6. The van der Waals surface area contributed by atoms with Crippen LogP contribution < -0.4 is 14.8 Å². The minimum absolute atomic E-state index is 0. The molecule has 9 heteroatoms. The van der Waals surface area contributed by atoms with Crippen LogP contribution in [0.5, 0.6) is 11.5 Å². The van der Waals surface area contributed by atoms with Crippen LogP contribution in [0.15, 0.2) is 42.9 Å². The van der Waals surface area contributed by atoms with Gasteiger partial charge in [-0.3, -0.25) is 9.38 Å². The molecule has 7 nitrogen and oxygen atoms in total. The third kappa shape index (κ3) is 2.97. The van der Waals surface area contributed by atoms with Gasteiger partial charge in [0, 0.05) is 40.7 Å². The van der Waals surface area contributed by atoms with Crippen molar-refractivity contribution < 1.29 is 13.9 Å². The summed E-state index contributed by atoms with van der Waals surface area (Å²) in [7, 11) is 0. The molecule has 0 fully saturated rings. The molecule has 0 unspecified atom stereocenters. The van der Waals surface area contributed by atoms with Gasteiger partial charge in [0.1, 0.15) is 17.9 Å². The Hall–Kier alpha value is -3.39. The highest BCUT2D eigenvalue weighted by Gasteiger charge is 2.31. The molecular formula is C22H19ClFN5O2. The molecule has 4 aromatic rings. The van der Waals surface area contributed by atoms with E-state index in [0.717, 1.165) is 28.1 Å². The van der Waals surface area contributed by atoms with E-state index in [4.69, 9.17) is 9.47 Å². The molecule has 2 aliphatic heterocycles. The Morgan fingerprint density at radius 1 is 1.13 bits per heavy atom. The van der Waals surface area contributed by atoms with Crippen molar-refractivity contribution in [3.8, 4) is 22.6 Å². The molecule has 0 saturated carbocycles. The smallest absolute Gasteiger partial charge is 0.170 e. The highest BCUT2D eigenvalue weighted by Crippen LogP contribution is 2.42. The van der Waals surface area contributed by atoms with Crippen molar-refractivity contribution in [3.05, 3.63) is 65.5 Å². The van der Waals surface area contributed by atoms with Gasteiger partial charge in [-0.2, -0.15) is 0 Å². The average molecular weight is 440 g/mol. The third-order valence-corrected chi connectivity index (χ3v) is 5.82. The number of aryl methyl sites for hydroxylation is 1. The fourth-order valence-electron chi connectivity index (χ4n) is 4.35. The van der Waals surface area contributed by atoms with Gasteiger partial charge >= 0.3 is 0 Å². The van der Waals surface area contributed by atoms with E-state index in [0.29, 0.717) is 42.5 Å². The molecule has 6 rings (SSSR count). The molecule has 158 valence electrons. The van der Waals surface area contributed by atoms with Crippen LogP contribution >= 0.6 is 12.4 Å². The summed E-state index contributed by atoms with van der Waals surface area (Å²) in [6.45, 7) is 3.13. The molecule has 0 amide bonds. The maximum Gasteiger partial charge on any atom is 0.170 e. The highest BCUT2D eigenvalue weighted by molar-refractivity contribution is 5.85. The molecule has 5 heterocycles. The van der Waals surface area contributed by atoms with E-state index in [9.17, 15) is 4.39 Å². The van der Waals surface area contributed by atoms with Gasteiger partial charge in [-0.1, -0.05) is 6.07 Å². The molecule has 2 aliphatic rings. The van der Waals surface area contributed by atoms with Crippen molar-refractivity contribution in [1.29, 1.82) is 0 Å². The molecule has 0 bridgehead atoms. The van der Waals surface area contributed by atoms with E-state index in [1.807, 2.05) is 29.5 Å². The number of benzene rings is 1. The van der Waals surface area contributed by atoms with Crippen molar-refractivity contribution in [2.45, 2.75) is 19.4 Å². The van der Waals surface area contributed by atoms with Gasteiger partial charge in [-0.05, 0) is 31.2 Å². The number of fused-ring (bicyclic) bond motifs is 3. The molecule has 0 aliphatic carbocycles. The summed E-state index contributed by atoms with van der Waals surface area (Å²) in [5.74, 6) is 1.80. The largest absolute Gasteiger partial charge is 0.493 e. The number of nitrogens with zero attached hydrogens (tertiary/aromatic N) is 4. The predicted octanol–water partition coefficient (Wildman–Crippen LogP) is 4.14. The molecule has 1 atom stereocenters. The Labute approximate surface area is 183 Å². The van der Waals surface area contributed by atoms with Crippen molar-refractivity contribution >= 4 is 23.9 Å². The Balaban J connectivity index is 0.00000204. The lowest BCUT2D eigenvalue weighted by Crippen LogP contribution is -2.13. The molecule has 0 saturated heterocycles. The minimum Gasteiger partial charge on any atom is -0.493 e. The Morgan fingerprint density at radius 3 is 2.81 bits per heavy atom. The summed E-state index contributed by atoms with van der Waals surface area (Å²) in [6, 6.07) is 9.01. The average Bonchev–Trinajstić information content (AvgIpc) is 3.40. The number of nitrogens with one attached hydrogen (secondary N) is 1.